The largest absolute Gasteiger partial charge is 0.301 e. The first-order valence-electron chi connectivity index (χ1n) is 7.40. The Labute approximate surface area is 125 Å². The van der Waals surface area contributed by atoms with Crippen LogP contribution in [0, 0.1) is 5.41 Å². The number of hydrogen-bond acceptors (Lipinski definition) is 4. The molecule has 2 aliphatic carbocycles. The van der Waals surface area contributed by atoms with Gasteiger partial charge >= 0.3 is 0 Å². The number of ketones is 2. The monoisotopic (exact) mass is 289 g/mol. The van der Waals surface area contributed by atoms with E-state index in [-0.39, 0.29) is 17.0 Å². The summed E-state index contributed by atoms with van der Waals surface area (Å²) in [5, 5.41) is 0. The molecule has 21 heavy (non-hydrogen) atoms. The van der Waals surface area contributed by atoms with Crippen molar-refractivity contribution in [2.24, 2.45) is 5.41 Å². The van der Waals surface area contributed by atoms with E-state index in [0.29, 0.717) is 31.4 Å². The molecule has 1 fully saturated rings. The minimum atomic E-state index is -0.618. The van der Waals surface area contributed by atoms with Gasteiger partial charge in [0.25, 0.3) is 0 Å². The zero-order chi connectivity index (χ0) is 15.5. The molecule has 0 bridgehead atoms. The minimum absolute atomic E-state index is 0.0723. The number of Topliss-reactive ketones (excluding diaryl/α,β-unsaturated/α-hetero) is 2. The third-order valence-electron chi connectivity index (χ3n) is 3.78. The van der Waals surface area contributed by atoms with Gasteiger partial charge in [0, 0.05) is 12.8 Å². The molecule has 0 aliphatic heterocycles. The molecule has 0 aromatic heterocycles. The van der Waals surface area contributed by atoms with Crippen LogP contribution in [-0.4, -0.2) is 23.7 Å². The van der Waals surface area contributed by atoms with E-state index in [2.05, 4.69) is 5.48 Å². The predicted molar refractivity (Wildman–Crippen MR) is 81.5 cm³/mol. The number of hydroxylamine groups is 1. The maximum Gasteiger partial charge on any atom is 0.166 e. The van der Waals surface area contributed by atoms with Gasteiger partial charge < -0.3 is 4.84 Å². The van der Waals surface area contributed by atoms with Gasteiger partial charge in [-0.3, -0.25) is 9.59 Å². The maximum absolute atomic E-state index is 12.3. The van der Waals surface area contributed by atoms with Gasteiger partial charge in [0.05, 0.1) is 17.7 Å². The van der Waals surface area contributed by atoms with Crippen molar-refractivity contribution < 1.29 is 14.4 Å². The Morgan fingerprint density at radius 2 is 1.90 bits per heavy atom. The molecule has 0 aromatic rings. The average Bonchev–Trinajstić information content (AvgIpc) is 2.41. The Morgan fingerprint density at radius 3 is 2.43 bits per heavy atom. The molecule has 2 rings (SSSR count). The summed E-state index contributed by atoms with van der Waals surface area (Å²) in [6.45, 7) is 6.31. The van der Waals surface area contributed by atoms with Crippen molar-refractivity contribution in [2.45, 2.75) is 45.6 Å². The fourth-order valence-corrected chi connectivity index (χ4v) is 2.75. The van der Waals surface area contributed by atoms with Crippen LogP contribution in [0.4, 0.5) is 0 Å². The summed E-state index contributed by atoms with van der Waals surface area (Å²) in [4.78, 5) is 29.9. The second-order valence-electron chi connectivity index (χ2n) is 6.49. The Balaban J connectivity index is 2.30. The molecule has 1 saturated carbocycles. The van der Waals surface area contributed by atoms with E-state index in [1.165, 1.54) is 0 Å². The van der Waals surface area contributed by atoms with Crippen molar-refractivity contribution in [3.8, 4) is 0 Å². The zero-order valence-corrected chi connectivity index (χ0v) is 12.9. The first kappa shape index (κ1) is 15.9. The van der Waals surface area contributed by atoms with E-state index in [4.69, 9.17) is 4.84 Å². The summed E-state index contributed by atoms with van der Waals surface area (Å²) < 4.78 is 0. The Morgan fingerprint density at radius 1 is 1.24 bits per heavy atom. The lowest BCUT2D eigenvalue weighted by molar-refractivity contribution is -0.127. The van der Waals surface area contributed by atoms with E-state index in [1.807, 2.05) is 45.1 Å². The lowest BCUT2D eigenvalue weighted by Crippen LogP contribution is -2.44. The highest BCUT2D eigenvalue weighted by Gasteiger charge is 2.37. The molecule has 0 spiro atoms. The fraction of sp³-hybridized carbons (Fsp3) is 0.529. The van der Waals surface area contributed by atoms with Crippen molar-refractivity contribution in [1.29, 1.82) is 0 Å². The maximum atomic E-state index is 12.3. The fourth-order valence-electron chi connectivity index (χ4n) is 2.75. The molecule has 4 nitrogen and oxygen atoms in total. The molecule has 0 radical (unpaired) electrons. The van der Waals surface area contributed by atoms with Gasteiger partial charge in [0.1, 0.15) is 0 Å². The first-order valence-corrected chi connectivity index (χ1v) is 7.40. The lowest BCUT2D eigenvalue weighted by atomic mass is 9.72. The first-order chi connectivity index (χ1) is 9.87. The van der Waals surface area contributed by atoms with Gasteiger partial charge in [-0.05, 0) is 24.8 Å². The topological polar surface area (TPSA) is 55.4 Å². The number of nitrogens with one attached hydrogen (secondary N) is 1. The van der Waals surface area contributed by atoms with Gasteiger partial charge in [0.2, 0.25) is 0 Å². The highest BCUT2D eigenvalue weighted by atomic mass is 16.6. The van der Waals surface area contributed by atoms with Crippen LogP contribution >= 0.6 is 0 Å². The second kappa shape index (κ2) is 6.08. The van der Waals surface area contributed by atoms with Gasteiger partial charge in [-0.2, -0.15) is 5.48 Å². The minimum Gasteiger partial charge on any atom is -0.301 e. The predicted octanol–water partition coefficient (Wildman–Crippen LogP) is 2.67. The summed E-state index contributed by atoms with van der Waals surface area (Å²) in [6, 6.07) is 0. The van der Waals surface area contributed by atoms with Gasteiger partial charge in [-0.15, -0.1) is 0 Å². The molecule has 1 N–H and O–H groups in total. The Bertz CT molecular complexity index is 506. The van der Waals surface area contributed by atoms with E-state index < -0.39 is 5.54 Å². The van der Waals surface area contributed by atoms with Crippen LogP contribution in [0.1, 0.15) is 40.0 Å². The van der Waals surface area contributed by atoms with E-state index >= 15 is 0 Å². The smallest absolute Gasteiger partial charge is 0.166 e. The molecular formula is C17H23NO3. The number of allylic oxidation sites excluding steroid dienone is 3. The summed E-state index contributed by atoms with van der Waals surface area (Å²) >= 11 is 0. The van der Waals surface area contributed by atoms with Crippen LogP contribution in [0.3, 0.4) is 0 Å². The molecule has 2 aliphatic rings. The van der Waals surface area contributed by atoms with Crippen LogP contribution < -0.4 is 5.48 Å². The van der Waals surface area contributed by atoms with Gasteiger partial charge in [0.15, 0.2) is 11.6 Å². The molecule has 0 heterocycles. The standard InChI is InChI=1S/C17H23NO3/c1-4-21-18-17(8-6-5-7-9-17)10-13-14(19)11-16(2,3)12-15(13)20/h5-8,10,18H,4,9,11-12H2,1-3H3. The Kier molecular flexibility index (Phi) is 4.59. The molecule has 0 saturated heterocycles. The number of hydrogen-bond donors (Lipinski definition) is 1. The van der Waals surface area contributed by atoms with Crippen LogP contribution in [0.5, 0.6) is 0 Å². The van der Waals surface area contributed by atoms with Crippen molar-refractivity contribution in [3.63, 3.8) is 0 Å². The van der Waals surface area contributed by atoms with E-state index in [9.17, 15) is 9.59 Å². The summed E-state index contributed by atoms with van der Waals surface area (Å²) in [7, 11) is 0. The van der Waals surface area contributed by atoms with Crippen molar-refractivity contribution in [2.75, 3.05) is 6.61 Å². The van der Waals surface area contributed by atoms with Crippen LogP contribution in [0.15, 0.2) is 36.0 Å². The third kappa shape index (κ3) is 3.77. The number of carbonyl (C=O) groups is 2. The molecule has 4 heteroatoms. The van der Waals surface area contributed by atoms with Crippen LogP contribution in [0.25, 0.3) is 0 Å². The van der Waals surface area contributed by atoms with Crippen molar-refractivity contribution >= 4 is 11.6 Å². The Hall–Kier alpha value is -1.52. The number of rotatable bonds is 4. The normalized spacial score (nSPS) is 28.0. The van der Waals surface area contributed by atoms with Crippen molar-refractivity contribution in [1.82, 2.24) is 5.48 Å². The quantitative estimate of drug-likeness (QED) is 0.491. The zero-order valence-electron chi connectivity index (χ0n) is 12.9. The summed E-state index contributed by atoms with van der Waals surface area (Å²) in [5.74, 6) is -0.145. The molecular weight excluding hydrogens is 266 g/mol. The SMILES string of the molecule is CCONC1(C=C2C(=O)CC(C)(C)CC2=O)C=CC=CC1. The molecule has 114 valence electrons. The van der Waals surface area contributed by atoms with Gasteiger partial charge in [-0.1, -0.05) is 38.2 Å². The summed E-state index contributed by atoms with van der Waals surface area (Å²) in [5.41, 5.74) is 2.42. The highest BCUT2D eigenvalue weighted by molar-refractivity contribution is 6.22. The van der Waals surface area contributed by atoms with Crippen LogP contribution in [-0.2, 0) is 14.4 Å². The second-order valence-corrected chi connectivity index (χ2v) is 6.49. The van der Waals surface area contributed by atoms with E-state index in [0.717, 1.165) is 0 Å². The summed E-state index contributed by atoms with van der Waals surface area (Å²) in [6.07, 6.45) is 11.0. The highest BCUT2D eigenvalue weighted by Crippen LogP contribution is 2.35. The molecule has 1 atom stereocenters. The average molecular weight is 289 g/mol. The lowest BCUT2D eigenvalue weighted by Gasteiger charge is -2.32. The van der Waals surface area contributed by atoms with E-state index in [1.54, 1.807) is 6.08 Å². The van der Waals surface area contributed by atoms with Gasteiger partial charge in [-0.25, -0.2) is 0 Å². The third-order valence-corrected chi connectivity index (χ3v) is 3.78. The molecule has 0 aromatic carbocycles. The number of carbonyl (C=O) groups excluding carboxylic acids is 2. The molecule has 0 amide bonds. The van der Waals surface area contributed by atoms with Crippen LogP contribution in [0.2, 0.25) is 0 Å². The van der Waals surface area contributed by atoms with Crippen molar-refractivity contribution in [3.05, 3.63) is 36.0 Å². The molecule has 1 unspecified atom stereocenters.